The molecule has 130 valence electrons. The monoisotopic (exact) mass is 372 g/mol. The first-order chi connectivity index (χ1) is 11.3. The van der Waals surface area contributed by atoms with Crippen LogP contribution in [0.2, 0.25) is 10.0 Å². The van der Waals surface area contributed by atoms with E-state index in [4.69, 9.17) is 33.7 Å². The van der Waals surface area contributed by atoms with Gasteiger partial charge < -0.3 is 15.8 Å². The maximum atomic E-state index is 12.3. The van der Waals surface area contributed by atoms with Gasteiger partial charge in [-0.25, -0.2) is 4.79 Å². The fraction of sp³-hybridized carbons (Fsp3) is 0.312. The highest BCUT2D eigenvalue weighted by molar-refractivity contribution is 6.42. The van der Waals surface area contributed by atoms with Crippen molar-refractivity contribution in [3.8, 4) is 0 Å². The molecule has 1 aromatic carbocycles. The van der Waals surface area contributed by atoms with Crippen molar-refractivity contribution < 1.29 is 19.1 Å². The molecule has 0 heterocycles. The van der Waals surface area contributed by atoms with E-state index in [1.165, 1.54) is 30.4 Å². The number of amides is 2. The van der Waals surface area contributed by atoms with Crippen molar-refractivity contribution in [1.82, 2.24) is 5.32 Å². The van der Waals surface area contributed by atoms with Gasteiger partial charge in [0.2, 0.25) is 5.91 Å². The minimum atomic E-state index is -0.566. The predicted octanol–water partition coefficient (Wildman–Crippen LogP) is 2.48. The molecule has 0 unspecified atom stereocenters. The minimum absolute atomic E-state index is 0.0550. The van der Waals surface area contributed by atoms with Crippen LogP contribution < -0.4 is 11.1 Å². The molecule has 8 heteroatoms. The summed E-state index contributed by atoms with van der Waals surface area (Å²) in [7, 11) is 0. The number of benzene rings is 1. The predicted molar refractivity (Wildman–Crippen MR) is 91.9 cm³/mol. The Bertz CT molecular complexity index is 647. The van der Waals surface area contributed by atoms with Crippen LogP contribution >= 0.6 is 23.2 Å². The first-order valence-corrected chi connectivity index (χ1v) is 7.98. The highest BCUT2D eigenvalue weighted by Crippen LogP contribution is 2.22. The number of rotatable bonds is 8. The topological polar surface area (TPSA) is 98.5 Å². The first-order valence-electron chi connectivity index (χ1n) is 7.22. The molecule has 0 spiro atoms. The second-order valence-electron chi connectivity index (χ2n) is 4.82. The molecule has 6 nitrogen and oxygen atoms in total. The molecule has 0 saturated carbocycles. The Hall–Kier alpha value is -2.05. The number of hydrogen-bond donors (Lipinski definition) is 2. The highest BCUT2D eigenvalue weighted by atomic mass is 35.5. The van der Waals surface area contributed by atoms with E-state index < -0.39 is 23.8 Å². The number of ether oxygens (including phenoxy) is 1. The molecule has 0 radical (unpaired) electrons. The number of nitrogens with one attached hydrogen (secondary N) is 1. The fourth-order valence-corrected chi connectivity index (χ4v) is 2.09. The van der Waals surface area contributed by atoms with E-state index in [9.17, 15) is 14.4 Å². The lowest BCUT2D eigenvalue weighted by molar-refractivity contribution is -0.137. The summed E-state index contributed by atoms with van der Waals surface area (Å²) in [6.45, 7) is 1.92. The van der Waals surface area contributed by atoms with E-state index in [-0.39, 0.29) is 24.5 Å². The summed E-state index contributed by atoms with van der Waals surface area (Å²) < 4.78 is 4.77. The molecule has 0 aliphatic carbocycles. The zero-order chi connectivity index (χ0) is 18.1. The Morgan fingerprint density at radius 2 is 2.00 bits per heavy atom. The van der Waals surface area contributed by atoms with Gasteiger partial charge in [0.25, 0.3) is 5.91 Å². The number of carbonyl (C=O) groups excluding carboxylic acids is 3. The molecule has 1 rings (SSSR count). The van der Waals surface area contributed by atoms with Crippen molar-refractivity contribution in [3.05, 3.63) is 46.0 Å². The van der Waals surface area contributed by atoms with Gasteiger partial charge in [0.1, 0.15) is 0 Å². The highest BCUT2D eigenvalue weighted by Gasteiger charge is 2.14. The zero-order valence-corrected chi connectivity index (χ0v) is 14.6. The van der Waals surface area contributed by atoms with Crippen LogP contribution in [0.4, 0.5) is 0 Å². The van der Waals surface area contributed by atoms with Crippen LogP contribution in [-0.2, 0) is 14.3 Å². The van der Waals surface area contributed by atoms with Crippen molar-refractivity contribution in [2.24, 2.45) is 5.73 Å². The normalized spacial score (nSPS) is 12.0. The van der Waals surface area contributed by atoms with Crippen LogP contribution in [0, 0.1) is 0 Å². The molecule has 0 saturated heterocycles. The van der Waals surface area contributed by atoms with E-state index in [2.05, 4.69) is 5.32 Å². The smallest absolute Gasteiger partial charge is 0.330 e. The van der Waals surface area contributed by atoms with Crippen LogP contribution in [0.25, 0.3) is 0 Å². The van der Waals surface area contributed by atoms with Crippen LogP contribution in [0.5, 0.6) is 0 Å². The molecular formula is C16H18Cl2N2O4. The Balaban J connectivity index is 2.81. The van der Waals surface area contributed by atoms with Gasteiger partial charge in [-0.15, -0.1) is 0 Å². The molecule has 1 atom stereocenters. The average Bonchev–Trinajstić information content (AvgIpc) is 2.52. The van der Waals surface area contributed by atoms with Crippen molar-refractivity contribution in [2.45, 2.75) is 25.8 Å². The second-order valence-corrected chi connectivity index (χ2v) is 5.64. The lowest BCUT2D eigenvalue weighted by atomic mass is 10.1. The van der Waals surface area contributed by atoms with Gasteiger partial charge in [-0.2, -0.15) is 0 Å². The van der Waals surface area contributed by atoms with E-state index in [0.717, 1.165) is 0 Å². The molecule has 0 bridgehead atoms. The van der Waals surface area contributed by atoms with Gasteiger partial charge in [0, 0.05) is 24.1 Å². The summed E-state index contributed by atoms with van der Waals surface area (Å²) in [5.41, 5.74) is 5.43. The minimum Gasteiger partial charge on any atom is -0.463 e. The van der Waals surface area contributed by atoms with Crippen LogP contribution in [-0.4, -0.2) is 30.4 Å². The van der Waals surface area contributed by atoms with Crippen molar-refractivity contribution in [1.29, 1.82) is 0 Å². The molecule has 0 aliphatic heterocycles. The Kier molecular flexibility index (Phi) is 8.29. The van der Waals surface area contributed by atoms with Crippen molar-refractivity contribution >= 4 is 41.0 Å². The second kappa shape index (κ2) is 9.95. The van der Waals surface area contributed by atoms with E-state index in [0.29, 0.717) is 10.6 Å². The Morgan fingerprint density at radius 3 is 2.58 bits per heavy atom. The van der Waals surface area contributed by atoms with Crippen LogP contribution in [0.15, 0.2) is 30.4 Å². The lowest BCUT2D eigenvalue weighted by Gasteiger charge is -2.14. The summed E-state index contributed by atoms with van der Waals surface area (Å²) in [6, 6.07) is 3.89. The third kappa shape index (κ3) is 7.02. The standard InChI is InChI=1S/C16H18Cl2N2O4/c1-2-24-15(22)8-5-11(4-7-14(19)21)20-16(23)10-3-6-12(17)13(18)9-10/h3,5-6,8-9,11H,2,4,7H2,1H3,(H2,19,21)(H,20,23)/b8-5+/t11-/m0/s1. The Morgan fingerprint density at radius 1 is 1.29 bits per heavy atom. The lowest BCUT2D eigenvalue weighted by Crippen LogP contribution is -2.34. The van der Waals surface area contributed by atoms with E-state index >= 15 is 0 Å². The van der Waals surface area contributed by atoms with Gasteiger partial charge in [0.15, 0.2) is 0 Å². The van der Waals surface area contributed by atoms with Gasteiger partial charge in [0.05, 0.1) is 16.7 Å². The molecule has 2 amide bonds. The summed E-state index contributed by atoms with van der Waals surface area (Å²) in [5.74, 6) is -1.46. The maximum absolute atomic E-state index is 12.3. The Labute approximate surface area is 149 Å². The largest absolute Gasteiger partial charge is 0.463 e. The van der Waals surface area contributed by atoms with Gasteiger partial charge in [-0.1, -0.05) is 29.3 Å². The molecule has 24 heavy (non-hydrogen) atoms. The molecule has 0 fully saturated rings. The third-order valence-electron chi connectivity index (χ3n) is 2.95. The number of carbonyl (C=O) groups is 3. The van der Waals surface area contributed by atoms with Crippen molar-refractivity contribution in [2.75, 3.05) is 6.61 Å². The molecular weight excluding hydrogens is 355 g/mol. The van der Waals surface area contributed by atoms with Crippen LogP contribution in [0.3, 0.4) is 0 Å². The number of primary amides is 1. The molecule has 1 aromatic rings. The molecule has 0 aromatic heterocycles. The summed E-state index contributed by atoms with van der Waals surface area (Å²) >= 11 is 11.7. The maximum Gasteiger partial charge on any atom is 0.330 e. The number of halogens is 2. The van der Waals surface area contributed by atoms with Gasteiger partial charge in [-0.05, 0) is 31.5 Å². The van der Waals surface area contributed by atoms with E-state index in [1.54, 1.807) is 6.92 Å². The summed E-state index contributed by atoms with van der Waals surface area (Å²) in [6.07, 6.45) is 2.96. The zero-order valence-electron chi connectivity index (χ0n) is 13.1. The van der Waals surface area contributed by atoms with Gasteiger partial charge in [-0.3, -0.25) is 9.59 Å². The van der Waals surface area contributed by atoms with Crippen molar-refractivity contribution in [3.63, 3.8) is 0 Å². The SMILES string of the molecule is CCOC(=O)/C=C/[C@H](CCC(N)=O)NC(=O)c1ccc(Cl)c(Cl)c1. The average molecular weight is 373 g/mol. The third-order valence-corrected chi connectivity index (χ3v) is 3.69. The number of esters is 1. The number of hydrogen-bond acceptors (Lipinski definition) is 4. The first kappa shape index (κ1) is 20.0. The van der Waals surface area contributed by atoms with Gasteiger partial charge >= 0.3 is 5.97 Å². The quantitative estimate of drug-likeness (QED) is 0.540. The van der Waals surface area contributed by atoms with Crippen LogP contribution in [0.1, 0.15) is 30.1 Å². The molecule has 3 N–H and O–H groups in total. The fourth-order valence-electron chi connectivity index (χ4n) is 1.79. The summed E-state index contributed by atoms with van der Waals surface area (Å²) in [4.78, 5) is 34.6. The number of nitrogens with two attached hydrogens (primary N) is 1. The van der Waals surface area contributed by atoms with E-state index in [1.807, 2.05) is 0 Å². The molecule has 0 aliphatic rings. The summed E-state index contributed by atoms with van der Waals surface area (Å²) in [5, 5.41) is 3.27.